The van der Waals surface area contributed by atoms with Gasteiger partial charge in [-0.1, -0.05) is 22.9 Å². The van der Waals surface area contributed by atoms with Crippen molar-refractivity contribution in [1.29, 1.82) is 0 Å². The van der Waals surface area contributed by atoms with Crippen LogP contribution >= 0.6 is 27.3 Å². The average molecular weight is 335 g/mol. The number of thiazole rings is 1. The summed E-state index contributed by atoms with van der Waals surface area (Å²) in [6.45, 7) is 4.02. The second-order valence-corrected chi connectivity index (χ2v) is 5.45. The molecule has 7 heteroatoms. The number of nitrogens with one attached hydrogen (secondary N) is 1. The topological polar surface area (TPSA) is 68.3 Å². The molecule has 5 nitrogen and oxygen atoms in total. The first-order valence-corrected chi connectivity index (χ1v) is 7.41. The summed E-state index contributed by atoms with van der Waals surface area (Å²) >= 11 is 4.55. The Balaban J connectivity index is 2.53. The SMILES string of the molecule is CCOC(=O)Cc1csc(NC(=O)C(Br)CC)n1. The number of amides is 1. The maximum atomic E-state index is 11.6. The van der Waals surface area contributed by atoms with Gasteiger partial charge in [0.25, 0.3) is 0 Å². The van der Waals surface area contributed by atoms with Crippen LogP contribution in [0, 0.1) is 0 Å². The third-order valence-corrected chi connectivity index (χ3v) is 3.93. The van der Waals surface area contributed by atoms with E-state index < -0.39 is 0 Å². The number of halogens is 1. The number of carbonyl (C=O) groups excluding carboxylic acids is 2. The van der Waals surface area contributed by atoms with Gasteiger partial charge in [0.05, 0.1) is 23.5 Å². The molecule has 1 aromatic heterocycles. The number of aromatic nitrogens is 1. The van der Waals surface area contributed by atoms with Gasteiger partial charge in [0.15, 0.2) is 5.13 Å². The Labute approximate surface area is 118 Å². The number of hydrogen-bond acceptors (Lipinski definition) is 5. The van der Waals surface area contributed by atoms with Crippen molar-refractivity contribution in [2.45, 2.75) is 31.5 Å². The zero-order chi connectivity index (χ0) is 13.5. The first-order chi connectivity index (χ1) is 8.56. The van der Waals surface area contributed by atoms with Crippen LogP contribution in [0.2, 0.25) is 0 Å². The monoisotopic (exact) mass is 334 g/mol. The number of ether oxygens (including phenoxy) is 1. The summed E-state index contributed by atoms with van der Waals surface area (Å²) in [4.78, 5) is 26.8. The van der Waals surface area contributed by atoms with Gasteiger partial charge in [-0.25, -0.2) is 4.98 Å². The van der Waals surface area contributed by atoms with Crippen molar-refractivity contribution in [2.24, 2.45) is 0 Å². The maximum Gasteiger partial charge on any atom is 0.311 e. The summed E-state index contributed by atoms with van der Waals surface area (Å²) in [6, 6.07) is 0. The normalized spacial score (nSPS) is 11.9. The van der Waals surface area contributed by atoms with Gasteiger partial charge >= 0.3 is 5.97 Å². The molecule has 1 heterocycles. The summed E-state index contributed by atoms with van der Waals surface area (Å²) in [6.07, 6.45) is 0.832. The van der Waals surface area contributed by atoms with Gasteiger partial charge in [0, 0.05) is 5.38 Å². The molecule has 0 aromatic carbocycles. The van der Waals surface area contributed by atoms with E-state index in [0.29, 0.717) is 23.9 Å². The summed E-state index contributed by atoms with van der Waals surface area (Å²) in [5, 5.41) is 4.92. The number of carbonyl (C=O) groups is 2. The van der Waals surface area contributed by atoms with Crippen molar-refractivity contribution in [1.82, 2.24) is 4.98 Å². The highest BCUT2D eigenvalue weighted by Gasteiger charge is 2.15. The molecule has 1 N–H and O–H groups in total. The van der Waals surface area contributed by atoms with Crippen LogP contribution in [0.5, 0.6) is 0 Å². The van der Waals surface area contributed by atoms with Crippen molar-refractivity contribution in [2.75, 3.05) is 11.9 Å². The fourth-order valence-electron chi connectivity index (χ4n) is 1.17. The third-order valence-electron chi connectivity index (χ3n) is 2.06. The molecule has 0 spiro atoms. The van der Waals surface area contributed by atoms with E-state index in [2.05, 4.69) is 26.2 Å². The molecule has 100 valence electrons. The third kappa shape index (κ3) is 4.73. The first kappa shape index (κ1) is 15.1. The first-order valence-electron chi connectivity index (χ1n) is 5.61. The van der Waals surface area contributed by atoms with Crippen LogP contribution < -0.4 is 5.32 Å². The lowest BCUT2D eigenvalue weighted by Crippen LogP contribution is -2.21. The van der Waals surface area contributed by atoms with Crippen LogP contribution in [0.1, 0.15) is 26.0 Å². The highest BCUT2D eigenvalue weighted by molar-refractivity contribution is 9.10. The summed E-state index contributed by atoms with van der Waals surface area (Å²) in [5.74, 6) is -0.442. The molecule has 1 atom stereocenters. The number of alkyl halides is 1. The van der Waals surface area contributed by atoms with E-state index in [1.54, 1.807) is 12.3 Å². The summed E-state index contributed by atoms with van der Waals surface area (Å²) in [5.41, 5.74) is 0.608. The molecule has 1 amide bonds. The van der Waals surface area contributed by atoms with Crippen LogP contribution in [0.3, 0.4) is 0 Å². The minimum atomic E-state index is -0.312. The van der Waals surface area contributed by atoms with Gasteiger partial charge in [0.1, 0.15) is 0 Å². The van der Waals surface area contributed by atoms with E-state index >= 15 is 0 Å². The van der Waals surface area contributed by atoms with Gasteiger partial charge in [0.2, 0.25) is 5.91 Å². The Morgan fingerprint density at radius 1 is 1.56 bits per heavy atom. The van der Waals surface area contributed by atoms with Crippen molar-refractivity contribution in [3.05, 3.63) is 11.1 Å². The lowest BCUT2D eigenvalue weighted by molar-refractivity contribution is -0.142. The zero-order valence-corrected chi connectivity index (χ0v) is 12.6. The van der Waals surface area contributed by atoms with Crippen LogP contribution in [-0.2, 0) is 20.7 Å². The molecule has 0 saturated heterocycles. The molecule has 0 saturated carbocycles. The van der Waals surface area contributed by atoms with Gasteiger partial charge in [-0.05, 0) is 13.3 Å². The second-order valence-electron chi connectivity index (χ2n) is 3.49. The Bertz CT molecular complexity index is 422. The van der Waals surface area contributed by atoms with Gasteiger partial charge in [-0.2, -0.15) is 0 Å². The molecule has 0 bridgehead atoms. The van der Waals surface area contributed by atoms with Gasteiger partial charge in [-0.15, -0.1) is 11.3 Å². The molecule has 18 heavy (non-hydrogen) atoms. The Morgan fingerprint density at radius 2 is 2.28 bits per heavy atom. The van der Waals surface area contributed by atoms with E-state index in [9.17, 15) is 9.59 Å². The molecule has 1 unspecified atom stereocenters. The predicted octanol–water partition coefficient (Wildman–Crippen LogP) is 2.36. The number of hydrogen-bond donors (Lipinski definition) is 1. The molecule has 0 radical (unpaired) electrons. The minimum Gasteiger partial charge on any atom is -0.466 e. The fourth-order valence-corrected chi connectivity index (χ4v) is 2.00. The Hall–Kier alpha value is -0.950. The highest BCUT2D eigenvalue weighted by atomic mass is 79.9. The van der Waals surface area contributed by atoms with Gasteiger partial charge < -0.3 is 10.1 Å². The smallest absolute Gasteiger partial charge is 0.311 e. The van der Waals surface area contributed by atoms with Crippen molar-refractivity contribution >= 4 is 44.3 Å². The Kier molecular flexibility index (Phi) is 6.28. The summed E-state index contributed by atoms with van der Waals surface area (Å²) < 4.78 is 4.82. The van der Waals surface area contributed by atoms with Crippen LogP contribution in [0.25, 0.3) is 0 Å². The number of nitrogens with zero attached hydrogens (tertiary/aromatic N) is 1. The minimum absolute atomic E-state index is 0.130. The number of anilines is 1. The Morgan fingerprint density at radius 3 is 2.89 bits per heavy atom. The van der Waals surface area contributed by atoms with E-state index in [-0.39, 0.29) is 23.1 Å². The lowest BCUT2D eigenvalue weighted by atomic mass is 10.3. The lowest BCUT2D eigenvalue weighted by Gasteiger charge is -2.05. The molecule has 0 aliphatic carbocycles. The fraction of sp³-hybridized carbons (Fsp3) is 0.545. The number of rotatable bonds is 6. The zero-order valence-electron chi connectivity index (χ0n) is 10.2. The molecular weight excluding hydrogens is 320 g/mol. The van der Waals surface area contributed by atoms with E-state index in [1.165, 1.54) is 11.3 Å². The van der Waals surface area contributed by atoms with Crippen molar-refractivity contribution < 1.29 is 14.3 Å². The summed E-state index contributed by atoms with van der Waals surface area (Å²) in [7, 11) is 0. The maximum absolute atomic E-state index is 11.6. The largest absolute Gasteiger partial charge is 0.466 e. The second kappa shape index (κ2) is 7.48. The van der Waals surface area contributed by atoms with Crippen LogP contribution in [0.15, 0.2) is 5.38 Å². The van der Waals surface area contributed by atoms with Crippen molar-refractivity contribution in [3.63, 3.8) is 0 Å². The molecular formula is C11H15BrN2O3S. The molecule has 0 aliphatic rings. The molecule has 0 aliphatic heterocycles. The standard InChI is InChI=1S/C11H15BrN2O3S/c1-3-8(12)10(16)14-11-13-7(6-18-11)5-9(15)17-4-2/h6,8H,3-5H2,1-2H3,(H,13,14,16). The van der Waals surface area contributed by atoms with Gasteiger partial charge in [-0.3, -0.25) is 9.59 Å². The average Bonchev–Trinajstić information content (AvgIpc) is 2.75. The molecule has 1 rings (SSSR count). The van der Waals surface area contributed by atoms with Crippen molar-refractivity contribution in [3.8, 4) is 0 Å². The van der Waals surface area contributed by atoms with E-state index in [0.717, 1.165) is 0 Å². The van der Waals surface area contributed by atoms with E-state index in [4.69, 9.17) is 4.74 Å². The van der Waals surface area contributed by atoms with Crippen LogP contribution in [0.4, 0.5) is 5.13 Å². The predicted molar refractivity (Wildman–Crippen MR) is 74.1 cm³/mol. The highest BCUT2D eigenvalue weighted by Crippen LogP contribution is 2.17. The van der Waals surface area contributed by atoms with Crippen LogP contribution in [-0.4, -0.2) is 28.3 Å². The number of esters is 1. The quantitative estimate of drug-likeness (QED) is 0.640. The molecule has 1 aromatic rings. The molecule has 0 fully saturated rings. The van der Waals surface area contributed by atoms with E-state index in [1.807, 2.05) is 6.92 Å².